The Morgan fingerprint density at radius 3 is 2.63 bits per heavy atom. The van der Waals surface area contributed by atoms with Crippen molar-refractivity contribution in [2.24, 2.45) is 0 Å². The van der Waals surface area contributed by atoms with E-state index in [4.69, 9.17) is 11.6 Å². The Hall–Kier alpha value is -2.64. The second-order valence-electron chi connectivity index (χ2n) is 6.82. The van der Waals surface area contributed by atoms with Crippen LogP contribution in [0, 0.1) is 6.92 Å². The minimum Gasteiger partial charge on any atom is -0.354 e. The molecule has 4 rings (SSSR count). The Kier molecular flexibility index (Phi) is 4.72. The number of rotatable bonds is 3. The fraction of sp³-hybridized carbons (Fsp3) is 0.316. The molecule has 1 amide bonds. The van der Waals surface area contributed by atoms with Crippen molar-refractivity contribution in [2.75, 3.05) is 43.4 Å². The normalized spacial score (nSPS) is 15.3. The van der Waals surface area contributed by atoms with Crippen LogP contribution in [0.25, 0.3) is 5.65 Å². The van der Waals surface area contributed by atoms with E-state index in [-0.39, 0.29) is 5.91 Å². The molecule has 0 bridgehead atoms. The average Bonchev–Trinajstić information content (AvgIpc) is 3.07. The molecule has 8 heteroatoms. The van der Waals surface area contributed by atoms with Crippen molar-refractivity contribution in [3.8, 4) is 0 Å². The number of aromatic nitrogens is 3. The summed E-state index contributed by atoms with van der Waals surface area (Å²) in [7, 11) is 2.12. The summed E-state index contributed by atoms with van der Waals surface area (Å²) in [5.74, 6) is 1.15. The molecule has 7 nitrogen and oxygen atoms in total. The van der Waals surface area contributed by atoms with Crippen LogP contribution in [0.15, 0.2) is 36.7 Å². The summed E-state index contributed by atoms with van der Waals surface area (Å²) >= 11 is 5.99. The molecule has 1 saturated heterocycles. The molecule has 3 aromatic rings. The number of nitrogens with zero attached hydrogens (tertiary/aromatic N) is 5. The van der Waals surface area contributed by atoms with Gasteiger partial charge in [0.25, 0.3) is 5.91 Å². The predicted molar refractivity (Wildman–Crippen MR) is 107 cm³/mol. The molecule has 27 heavy (non-hydrogen) atoms. The fourth-order valence-electron chi connectivity index (χ4n) is 3.18. The standard InChI is InChI=1S/C19H21ClN6O/c1-13-3-5-16(22-18(13)25-9-7-24(2)8-10-25)23-19(27)15-12-26-11-14(20)4-6-17(26)21-15/h3-6,11-12H,7-10H2,1-2H3,(H,22,23,27). The summed E-state index contributed by atoms with van der Waals surface area (Å²) < 4.78 is 1.73. The molecule has 0 spiro atoms. The van der Waals surface area contributed by atoms with Gasteiger partial charge in [0, 0.05) is 38.6 Å². The van der Waals surface area contributed by atoms with Gasteiger partial charge in [-0.15, -0.1) is 0 Å². The number of hydrogen-bond donors (Lipinski definition) is 1. The van der Waals surface area contributed by atoms with Crippen molar-refractivity contribution in [3.63, 3.8) is 0 Å². The van der Waals surface area contributed by atoms with Crippen molar-refractivity contribution in [2.45, 2.75) is 6.92 Å². The lowest BCUT2D eigenvalue weighted by molar-refractivity contribution is 0.102. The highest BCUT2D eigenvalue weighted by Crippen LogP contribution is 2.21. The fourth-order valence-corrected chi connectivity index (χ4v) is 3.35. The highest BCUT2D eigenvalue weighted by atomic mass is 35.5. The summed E-state index contributed by atoms with van der Waals surface area (Å²) in [6, 6.07) is 7.32. The van der Waals surface area contributed by atoms with Gasteiger partial charge in [-0.3, -0.25) is 4.79 Å². The lowest BCUT2D eigenvalue weighted by Crippen LogP contribution is -2.45. The summed E-state index contributed by atoms with van der Waals surface area (Å²) in [6.45, 7) is 5.89. The molecule has 0 saturated carbocycles. The van der Waals surface area contributed by atoms with E-state index in [2.05, 4.69) is 32.1 Å². The first-order chi connectivity index (χ1) is 13.0. The molecular formula is C19H21ClN6O. The van der Waals surface area contributed by atoms with Crippen LogP contribution in [0.2, 0.25) is 5.02 Å². The third kappa shape index (κ3) is 3.74. The number of likely N-dealkylation sites (N-methyl/N-ethyl adjacent to an activating group) is 1. The predicted octanol–water partition coefficient (Wildman–Crippen LogP) is 2.70. The molecule has 0 radical (unpaired) electrons. The van der Waals surface area contributed by atoms with Crippen molar-refractivity contribution >= 4 is 34.8 Å². The molecule has 0 aromatic carbocycles. The van der Waals surface area contributed by atoms with E-state index >= 15 is 0 Å². The first kappa shape index (κ1) is 17.8. The minimum absolute atomic E-state index is 0.296. The zero-order chi connectivity index (χ0) is 19.0. The molecule has 1 aliphatic heterocycles. The monoisotopic (exact) mass is 384 g/mol. The number of piperazine rings is 1. The van der Waals surface area contributed by atoms with Gasteiger partial charge in [-0.1, -0.05) is 17.7 Å². The largest absolute Gasteiger partial charge is 0.354 e. The molecule has 4 heterocycles. The topological polar surface area (TPSA) is 65.8 Å². The smallest absolute Gasteiger partial charge is 0.277 e. The van der Waals surface area contributed by atoms with Crippen LogP contribution in [-0.4, -0.2) is 58.4 Å². The van der Waals surface area contributed by atoms with Crippen LogP contribution in [0.4, 0.5) is 11.6 Å². The Labute approximate surface area is 162 Å². The van der Waals surface area contributed by atoms with Crippen molar-refractivity contribution < 1.29 is 4.79 Å². The Balaban J connectivity index is 1.54. The number of pyridine rings is 2. The first-order valence-electron chi connectivity index (χ1n) is 8.86. The number of hydrogen-bond acceptors (Lipinski definition) is 5. The van der Waals surface area contributed by atoms with E-state index in [0.29, 0.717) is 22.2 Å². The van der Waals surface area contributed by atoms with E-state index < -0.39 is 0 Å². The van der Waals surface area contributed by atoms with Crippen LogP contribution in [0.3, 0.4) is 0 Å². The maximum Gasteiger partial charge on any atom is 0.277 e. The van der Waals surface area contributed by atoms with Gasteiger partial charge < -0.3 is 19.5 Å². The van der Waals surface area contributed by atoms with Crippen LogP contribution in [-0.2, 0) is 0 Å². The maximum atomic E-state index is 12.6. The van der Waals surface area contributed by atoms with Gasteiger partial charge in [0.15, 0.2) is 0 Å². The van der Waals surface area contributed by atoms with Gasteiger partial charge in [0.2, 0.25) is 0 Å². The summed E-state index contributed by atoms with van der Waals surface area (Å²) in [5.41, 5.74) is 2.08. The molecule has 1 aliphatic rings. The van der Waals surface area contributed by atoms with Gasteiger partial charge >= 0.3 is 0 Å². The Bertz CT molecular complexity index is 993. The third-order valence-corrected chi connectivity index (χ3v) is 4.99. The third-order valence-electron chi connectivity index (χ3n) is 4.76. The number of fused-ring (bicyclic) bond motifs is 1. The number of nitrogens with one attached hydrogen (secondary N) is 1. The maximum absolute atomic E-state index is 12.6. The van der Waals surface area contributed by atoms with E-state index in [1.54, 1.807) is 28.9 Å². The van der Waals surface area contributed by atoms with Crippen LogP contribution in [0.5, 0.6) is 0 Å². The number of anilines is 2. The van der Waals surface area contributed by atoms with Crippen molar-refractivity contribution in [1.29, 1.82) is 0 Å². The van der Waals surface area contributed by atoms with E-state index in [1.807, 2.05) is 19.1 Å². The lowest BCUT2D eigenvalue weighted by atomic mass is 10.2. The van der Waals surface area contributed by atoms with Gasteiger partial charge in [0.1, 0.15) is 23.0 Å². The number of imidazole rings is 1. The summed E-state index contributed by atoms with van der Waals surface area (Å²) in [4.78, 5) is 26.2. The highest BCUT2D eigenvalue weighted by molar-refractivity contribution is 6.30. The number of amides is 1. The quantitative estimate of drug-likeness (QED) is 0.752. The molecule has 140 valence electrons. The first-order valence-corrected chi connectivity index (χ1v) is 9.24. The zero-order valence-corrected chi connectivity index (χ0v) is 16.1. The number of carbonyl (C=O) groups excluding carboxylic acids is 1. The molecule has 0 aliphatic carbocycles. The van der Waals surface area contributed by atoms with Crippen molar-refractivity contribution in [1.82, 2.24) is 19.3 Å². The molecule has 1 N–H and O–H groups in total. The number of aryl methyl sites for hydroxylation is 1. The molecular weight excluding hydrogens is 364 g/mol. The van der Waals surface area contributed by atoms with Gasteiger partial charge in [-0.25, -0.2) is 9.97 Å². The van der Waals surface area contributed by atoms with E-state index in [1.165, 1.54) is 0 Å². The molecule has 0 atom stereocenters. The minimum atomic E-state index is -0.296. The Morgan fingerprint density at radius 1 is 1.07 bits per heavy atom. The number of halogens is 1. The SMILES string of the molecule is Cc1ccc(NC(=O)c2cn3cc(Cl)ccc3n2)nc1N1CCN(C)CC1. The lowest BCUT2D eigenvalue weighted by Gasteiger charge is -2.34. The molecule has 1 fully saturated rings. The molecule has 3 aromatic heterocycles. The van der Waals surface area contributed by atoms with Crippen LogP contribution in [0.1, 0.15) is 16.1 Å². The van der Waals surface area contributed by atoms with Gasteiger partial charge in [-0.2, -0.15) is 0 Å². The summed E-state index contributed by atoms with van der Waals surface area (Å²) in [5, 5.41) is 3.44. The highest BCUT2D eigenvalue weighted by Gasteiger charge is 2.18. The van der Waals surface area contributed by atoms with Crippen molar-refractivity contribution in [3.05, 3.63) is 52.9 Å². The zero-order valence-electron chi connectivity index (χ0n) is 15.3. The van der Waals surface area contributed by atoms with E-state index in [0.717, 1.165) is 37.6 Å². The second kappa shape index (κ2) is 7.17. The Morgan fingerprint density at radius 2 is 1.85 bits per heavy atom. The van der Waals surface area contributed by atoms with Gasteiger partial charge in [0.05, 0.1) is 5.02 Å². The van der Waals surface area contributed by atoms with Crippen LogP contribution < -0.4 is 10.2 Å². The summed E-state index contributed by atoms with van der Waals surface area (Å²) in [6.07, 6.45) is 3.38. The molecule has 0 unspecified atom stereocenters. The number of carbonyl (C=O) groups is 1. The van der Waals surface area contributed by atoms with Gasteiger partial charge in [-0.05, 0) is 37.7 Å². The second-order valence-corrected chi connectivity index (χ2v) is 7.26. The van der Waals surface area contributed by atoms with Crippen LogP contribution >= 0.6 is 11.6 Å². The average molecular weight is 385 g/mol. The van der Waals surface area contributed by atoms with E-state index in [9.17, 15) is 4.79 Å².